The van der Waals surface area contributed by atoms with Gasteiger partial charge >= 0.3 is 0 Å². The van der Waals surface area contributed by atoms with Crippen molar-refractivity contribution in [1.82, 2.24) is 9.97 Å². The quantitative estimate of drug-likeness (QED) is 0.618. The van der Waals surface area contributed by atoms with Crippen molar-refractivity contribution in [1.29, 1.82) is 0 Å². The smallest absolute Gasteiger partial charge is 0.254 e. The molecule has 1 unspecified atom stereocenters. The number of hydrogen-bond acceptors (Lipinski definition) is 7. The molecule has 4 rings (SSSR count). The lowest BCUT2D eigenvalue weighted by molar-refractivity contribution is -0.120. The fourth-order valence-corrected chi connectivity index (χ4v) is 4.15. The zero-order valence-electron chi connectivity index (χ0n) is 17.6. The number of amides is 1. The first-order valence-electron chi connectivity index (χ1n) is 9.60. The molecule has 3 N–H and O–H groups in total. The Hall–Kier alpha value is -3.57. The Morgan fingerprint density at radius 1 is 1.12 bits per heavy atom. The number of hydrogen-bond donors (Lipinski definition) is 2. The Morgan fingerprint density at radius 2 is 1.81 bits per heavy atom. The van der Waals surface area contributed by atoms with Gasteiger partial charge in [0.2, 0.25) is 16.0 Å². The second kappa shape index (κ2) is 7.84. The first-order chi connectivity index (χ1) is 15.1. The molecule has 0 aliphatic carbocycles. The zero-order valence-corrected chi connectivity index (χ0v) is 18.4. The van der Waals surface area contributed by atoms with E-state index in [2.05, 4.69) is 15.3 Å². The van der Waals surface area contributed by atoms with Gasteiger partial charge in [-0.05, 0) is 48.4 Å². The van der Waals surface area contributed by atoms with Gasteiger partial charge in [0.05, 0.1) is 11.1 Å². The molecule has 1 aromatic heterocycles. The number of nitrogens with zero attached hydrogens (tertiary/aromatic N) is 4. The molecule has 32 heavy (non-hydrogen) atoms. The van der Waals surface area contributed by atoms with Crippen molar-refractivity contribution in [3.63, 3.8) is 0 Å². The average molecular weight is 457 g/mol. The topological polar surface area (TPSA) is 122 Å². The van der Waals surface area contributed by atoms with Crippen LogP contribution in [-0.4, -0.2) is 38.4 Å². The highest BCUT2D eigenvalue weighted by Crippen LogP contribution is 2.40. The minimum atomic E-state index is -3.79. The predicted molar refractivity (Wildman–Crippen MR) is 119 cm³/mol. The number of carbonyl (C=O) groups excluding carboxylic acids is 1. The van der Waals surface area contributed by atoms with E-state index in [0.717, 1.165) is 0 Å². The van der Waals surface area contributed by atoms with Gasteiger partial charge in [0, 0.05) is 19.8 Å². The maximum Gasteiger partial charge on any atom is 0.254 e. The van der Waals surface area contributed by atoms with E-state index in [1.807, 2.05) is 0 Å². The summed E-state index contributed by atoms with van der Waals surface area (Å²) in [6.07, 6.45) is 1.52. The maximum absolute atomic E-state index is 14.2. The van der Waals surface area contributed by atoms with Crippen molar-refractivity contribution in [2.75, 3.05) is 29.2 Å². The van der Waals surface area contributed by atoms with E-state index in [-0.39, 0.29) is 22.6 Å². The van der Waals surface area contributed by atoms with Crippen LogP contribution in [0.1, 0.15) is 17.2 Å². The summed E-state index contributed by atoms with van der Waals surface area (Å²) >= 11 is 0. The average Bonchev–Trinajstić information content (AvgIpc) is 2.75. The Morgan fingerprint density at radius 3 is 2.47 bits per heavy atom. The molecule has 1 aliphatic rings. The SMILES string of the molecule is Cc1c(F)cccc1C1C(=O)N(C)c2cnc(Nc3ccc(S(N)(=O)=O)cc3)nc2N1C. The molecule has 2 heterocycles. The van der Waals surface area contributed by atoms with Gasteiger partial charge in [-0.1, -0.05) is 12.1 Å². The standard InChI is InChI=1S/C21H21FN6O3S/c1-12-15(5-4-6-16(12)22)18-20(29)27(2)17-11-24-21(26-19(17)28(18)3)25-13-7-9-14(10-8-13)32(23,30)31/h4-11,18H,1-3H3,(H2,23,30,31)(H,24,25,26). The number of nitrogens with two attached hydrogens (primary N) is 1. The van der Waals surface area contributed by atoms with Crippen molar-refractivity contribution in [2.24, 2.45) is 5.14 Å². The number of aromatic nitrogens is 2. The Bertz CT molecular complexity index is 1310. The van der Waals surface area contributed by atoms with E-state index in [0.29, 0.717) is 28.3 Å². The summed E-state index contributed by atoms with van der Waals surface area (Å²) in [5.41, 5.74) is 2.02. The van der Waals surface area contributed by atoms with Gasteiger partial charge in [-0.25, -0.2) is 22.9 Å². The number of carbonyl (C=O) groups is 1. The third-order valence-corrected chi connectivity index (χ3v) is 6.37. The summed E-state index contributed by atoms with van der Waals surface area (Å²) in [6.45, 7) is 1.64. The largest absolute Gasteiger partial charge is 0.342 e. The third kappa shape index (κ3) is 3.76. The van der Waals surface area contributed by atoms with Crippen LogP contribution in [0.5, 0.6) is 0 Å². The number of halogens is 1. The molecule has 0 radical (unpaired) electrons. The zero-order chi connectivity index (χ0) is 23.2. The second-order valence-electron chi connectivity index (χ2n) is 7.46. The summed E-state index contributed by atoms with van der Waals surface area (Å²) in [6, 6.07) is 9.74. The van der Waals surface area contributed by atoms with Gasteiger partial charge in [-0.3, -0.25) is 4.79 Å². The van der Waals surface area contributed by atoms with Gasteiger partial charge in [0.15, 0.2) is 5.82 Å². The summed E-state index contributed by atoms with van der Waals surface area (Å²) < 4.78 is 37.0. The van der Waals surface area contributed by atoms with Crippen molar-refractivity contribution in [2.45, 2.75) is 17.9 Å². The number of primary sulfonamides is 1. The molecular formula is C21H21FN6O3S. The van der Waals surface area contributed by atoms with Crippen LogP contribution in [0.2, 0.25) is 0 Å². The molecular weight excluding hydrogens is 435 g/mol. The van der Waals surface area contributed by atoms with Gasteiger partial charge in [0.25, 0.3) is 5.91 Å². The predicted octanol–water partition coefficient (Wildman–Crippen LogP) is 2.47. The molecule has 2 aromatic carbocycles. The molecule has 9 nitrogen and oxygen atoms in total. The highest BCUT2D eigenvalue weighted by Gasteiger charge is 2.38. The van der Waals surface area contributed by atoms with Crippen LogP contribution >= 0.6 is 0 Å². The van der Waals surface area contributed by atoms with Gasteiger partial charge in [0.1, 0.15) is 17.5 Å². The first-order valence-corrected chi connectivity index (χ1v) is 11.1. The Kier molecular flexibility index (Phi) is 5.31. The van der Waals surface area contributed by atoms with Gasteiger partial charge in [-0.2, -0.15) is 4.98 Å². The molecule has 0 saturated heterocycles. The van der Waals surface area contributed by atoms with Crippen LogP contribution in [-0.2, 0) is 14.8 Å². The summed E-state index contributed by atoms with van der Waals surface area (Å²) in [5, 5.41) is 8.13. The summed E-state index contributed by atoms with van der Waals surface area (Å²) in [4.78, 5) is 25.0. The van der Waals surface area contributed by atoms with Crippen LogP contribution in [0.25, 0.3) is 0 Å². The normalized spacial score (nSPS) is 16.2. The fraction of sp³-hybridized carbons (Fsp3) is 0.190. The highest BCUT2D eigenvalue weighted by molar-refractivity contribution is 7.89. The lowest BCUT2D eigenvalue weighted by atomic mass is 9.97. The van der Waals surface area contributed by atoms with E-state index in [4.69, 9.17) is 5.14 Å². The van der Waals surface area contributed by atoms with Crippen molar-refractivity contribution < 1.29 is 17.6 Å². The van der Waals surface area contributed by atoms with E-state index >= 15 is 0 Å². The molecule has 0 bridgehead atoms. The van der Waals surface area contributed by atoms with Crippen LogP contribution in [0.4, 0.5) is 27.5 Å². The van der Waals surface area contributed by atoms with E-state index in [1.165, 1.54) is 29.3 Å². The fourth-order valence-electron chi connectivity index (χ4n) is 3.63. The number of anilines is 4. The number of rotatable bonds is 4. The molecule has 1 amide bonds. The molecule has 11 heteroatoms. The van der Waals surface area contributed by atoms with Crippen LogP contribution < -0.4 is 20.3 Å². The van der Waals surface area contributed by atoms with Crippen LogP contribution in [0.15, 0.2) is 53.6 Å². The number of nitrogens with one attached hydrogen (secondary N) is 1. The summed E-state index contributed by atoms with van der Waals surface area (Å²) in [5.74, 6) is 0.123. The lowest BCUT2D eigenvalue weighted by Crippen LogP contribution is -2.45. The van der Waals surface area contributed by atoms with Crippen LogP contribution in [0, 0.1) is 12.7 Å². The molecule has 1 atom stereocenters. The molecule has 1 aliphatic heterocycles. The van der Waals surface area contributed by atoms with E-state index in [9.17, 15) is 17.6 Å². The molecule has 0 fully saturated rings. The number of sulfonamides is 1. The molecule has 3 aromatic rings. The Balaban J connectivity index is 1.69. The number of likely N-dealkylation sites (N-methyl/N-ethyl adjacent to an activating group) is 2. The minimum Gasteiger partial charge on any atom is -0.342 e. The van der Waals surface area contributed by atoms with Gasteiger partial charge in [-0.15, -0.1) is 0 Å². The molecule has 0 saturated carbocycles. The minimum absolute atomic E-state index is 0.0115. The van der Waals surface area contributed by atoms with E-state index < -0.39 is 16.1 Å². The van der Waals surface area contributed by atoms with Crippen molar-refractivity contribution in [3.8, 4) is 0 Å². The number of benzene rings is 2. The van der Waals surface area contributed by atoms with E-state index in [1.54, 1.807) is 50.2 Å². The molecule has 166 valence electrons. The highest BCUT2D eigenvalue weighted by atomic mass is 32.2. The molecule has 0 spiro atoms. The Labute approximate surface area is 184 Å². The number of fused-ring (bicyclic) bond motifs is 1. The van der Waals surface area contributed by atoms with Crippen molar-refractivity contribution in [3.05, 3.63) is 65.6 Å². The summed E-state index contributed by atoms with van der Waals surface area (Å²) in [7, 11) is -0.450. The maximum atomic E-state index is 14.2. The lowest BCUT2D eigenvalue weighted by Gasteiger charge is -2.39. The van der Waals surface area contributed by atoms with Crippen LogP contribution in [0.3, 0.4) is 0 Å². The van der Waals surface area contributed by atoms with Gasteiger partial charge < -0.3 is 15.1 Å². The van der Waals surface area contributed by atoms with Crippen molar-refractivity contribution >= 4 is 39.1 Å². The third-order valence-electron chi connectivity index (χ3n) is 5.44. The second-order valence-corrected chi connectivity index (χ2v) is 9.02. The first kappa shape index (κ1) is 21.7. The monoisotopic (exact) mass is 456 g/mol.